The summed E-state index contributed by atoms with van der Waals surface area (Å²) < 4.78 is 30.7. The summed E-state index contributed by atoms with van der Waals surface area (Å²) in [5, 5.41) is 9.65. The van der Waals surface area contributed by atoms with Crippen molar-refractivity contribution in [3.05, 3.63) is 40.1 Å². The van der Waals surface area contributed by atoms with E-state index in [2.05, 4.69) is 0 Å². The first kappa shape index (κ1) is 26.9. The number of nitrogens with zero attached hydrogens (tertiary/aromatic N) is 1. The maximum absolute atomic E-state index is 14.0. The first-order valence-electron chi connectivity index (χ1n) is 13.4. The van der Waals surface area contributed by atoms with Gasteiger partial charge in [0.15, 0.2) is 11.5 Å². The summed E-state index contributed by atoms with van der Waals surface area (Å²) in [6.45, 7) is 5.71. The Morgan fingerprint density at radius 3 is 2.56 bits per heavy atom. The van der Waals surface area contributed by atoms with Crippen LogP contribution in [0.1, 0.15) is 45.1 Å². The van der Waals surface area contributed by atoms with E-state index >= 15 is 0 Å². The van der Waals surface area contributed by atoms with Crippen LogP contribution in [0.25, 0.3) is 28.0 Å². The van der Waals surface area contributed by atoms with Gasteiger partial charge in [-0.3, -0.25) is 9.59 Å². The Morgan fingerprint density at radius 2 is 1.85 bits per heavy atom. The quantitative estimate of drug-likeness (QED) is 0.249. The highest BCUT2D eigenvalue weighted by atomic mass is 16.5. The van der Waals surface area contributed by atoms with Crippen molar-refractivity contribution in [2.24, 2.45) is 5.92 Å². The normalized spacial score (nSPS) is 15.8. The molecule has 0 amide bonds. The summed E-state index contributed by atoms with van der Waals surface area (Å²) in [6.07, 6.45) is 6.32. The van der Waals surface area contributed by atoms with E-state index in [0.717, 1.165) is 12.8 Å². The smallest absolute Gasteiger partial charge is 0.303 e. The number of aliphatic carboxylic acids is 1. The minimum Gasteiger partial charge on any atom is -0.492 e. The molecular formula is C30H35NO8. The summed E-state index contributed by atoms with van der Waals surface area (Å²) in [5.41, 5.74) is 0.490. The van der Waals surface area contributed by atoms with Crippen molar-refractivity contribution < 1.29 is 33.3 Å². The van der Waals surface area contributed by atoms with Crippen LogP contribution in [0.15, 0.2) is 33.5 Å². The molecule has 1 aliphatic heterocycles. The maximum Gasteiger partial charge on any atom is 0.303 e. The molecular weight excluding hydrogens is 502 g/mol. The number of hydrogen-bond acceptors (Lipinski definition) is 8. The molecule has 1 saturated carbocycles. The van der Waals surface area contributed by atoms with Crippen molar-refractivity contribution in [2.45, 2.75) is 45.1 Å². The average molecular weight is 538 g/mol. The second-order valence-electron chi connectivity index (χ2n) is 11.0. The van der Waals surface area contributed by atoms with Crippen molar-refractivity contribution in [2.75, 3.05) is 40.5 Å². The molecule has 39 heavy (non-hydrogen) atoms. The lowest BCUT2D eigenvalue weighted by molar-refractivity contribution is -0.137. The first-order chi connectivity index (χ1) is 18.6. The van der Waals surface area contributed by atoms with E-state index in [9.17, 15) is 9.59 Å². The number of ether oxygens (including phenoxy) is 4. The van der Waals surface area contributed by atoms with E-state index in [1.165, 1.54) is 0 Å². The van der Waals surface area contributed by atoms with Gasteiger partial charge >= 0.3 is 5.97 Å². The van der Waals surface area contributed by atoms with E-state index in [4.69, 9.17) is 28.5 Å². The Hall–Kier alpha value is -3.72. The predicted molar refractivity (Wildman–Crippen MR) is 148 cm³/mol. The zero-order valence-corrected chi connectivity index (χ0v) is 22.9. The van der Waals surface area contributed by atoms with Crippen LogP contribution in [0.3, 0.4) is 0 Å². The molecule has 0 bridgehead atoms. The fourth-order valence-electron chi connectivity index (χ4n) is 4.43. The number of hydrogen-bond donors (Lipinski definition) is 1. The van der Waals surface area contributed by atoms with Gasteiger partial charge in [-0.15, -0.1) is 0 Å². The summed E-state index contributed by atoms with van der Waals surface area (Å²) in [5.74, 6) is 1.51. The standard InChI is InChI=1S/C30H35NO8/c1-30(2)10-9-19-22(39-30)16-25-27(29(19)36-12-5-6-26(32)33)28(34)20-14-23(35-13-11-31(3)4)24(15-21(20)38-25)37-17-18-7-8-18/h9-10,14-16,18H,5-8,11-13,17H2,1-4H3,(H,32,33). The largest absolute Gasteiger partial charge is 0.492 e. The molecule has 2 heterocycles. The summed E-state index contributed by atoms with van der Waals surface area (Å²) in [7, 11) is 3.93. The fraction of sp³-hybridized carbons (Fsp3) is 0.467. The van der Waals surface area contributed by atoms with Crippen LogP contribution in [-0.4, -0.2) is 62.0 Å². The van der Waals surface area contributed by atoms with Crippen molar-refractivity contribution in [3.63, 3.8) is 0 Å². The van der Waals surface area contributed by atoms with Gasteiger partial charge in [0.2, 0.25) is 5.43 Å². The van der Waals surface area contributed by atoms with E-state index in [0.29, 0.717) is 77.2 Å². The molecule has 5 rings (SSSR count). The van der Waals surface area contributed by atoms with Gasteiger partial charge in [0, 0.05) is 25.1 Å². The second-order valence-corrected chi connectivity index (χ2v) is 11.0. The van der Waals surface area contributed by atoms with Crippen molar-refractivity contribution in [3.8, 4) is 23.0 Å². The van der Waals surface area contributed by atoms with Gasteiger partial charge in [-0.05, 0) is 71.3 Å². The maximum atomic E-state index is 14.0. The molecule has 1 aromatic heterocycles. The van der Waals surface area contributed by atoms with E-state index < -0.39 is 11.6 Å². The topological polar surface area (TPSA) is 108 Å². The fourth-order valence-corrected chi connectivity index (χ4v) is 4.43. The van der Waals surface area contributed by atoms with Gasteiger partial charge in [-0.1, -0.05) is 0 Å². The van der Waals surface area contributed by atoms with Crippen molar-refractivity contribution in [1.29, 1.82) is 0 Å². The molecule has 1 N–H and O–H groups in total. The van der Waals surface area contributed by atoms with Crippen LogP contribution in [-0.2, 0) is 4.79 Å². The third-order valence-corrected chi connectivity index (χ3v) is 6.76. The first-order valence-corrected chi connectivity index (χ1v) is 13.4. The number of carboxylic acid groups (broad SMARTS) is 1. The average Bonchev–Trinajstić information content (AvgIpc) is 3.68. The van der Waals surface area contributed by atoms with E-state index in [-0.39, 0.29) is 23.8 Å². The van der Waals surface area contributed by atoms with Gasteiger partial charge in [0.1, 0.15) is 40.3 Å². The number of rotatable bonds is 12. The van der Waals surface area contributed by atoms with Gasteiger partial charge in [0.25, 0.3) is 0 Å². The lowest BCUT2D eigenvalue weighted by Gasteiger charge is -2.29. The van der Waals surface area contributed by atoms with E-state index in [1.54, 1.807) is 18.2 Å². The number of carboxylic acids is 1. The van der Waals surface area contributed by atoms with Crippen LogP contribution < -0.4 is 24.4 Å². The third-order valence-electron chi connectivity index (χ3n) is 6.76. The molecule has 0 unspecified atom stereocenters. The Kier molecular flexibility index (Phi) is 7.44. The Labute approximate surface area is 226 Å². The van der Waals surface area contributed by atoms with Gasteiger partial charge in [-0.2, -0.15) is 0 Å². The molecule has 1 aliphatic carbocycles. The molecule has 0 atom stereocenters. The molecule has 2 aliphatic rings. The summed E-state index contributed by atoms with van der Waals surface area (Å²) in [4.78, 5) is 27.0. The third kappa shape index (κ3) is 6.14. The Balaban J connectivity index is 1.63. The zero-order valence-electron chi connectivity index (χ0n) is 22.9. The molecule has 0 saturated heterocycles. The van der Waals surface area contributed by atoms with Gasteiger partial charge in [0.05, 0.1) is 24.2 Å². The summed E-state index contributed by atoms with van der Waals surface area (Å²) >= 11 is 0. The summed E-state index contributed by atoms with van der Waals surface area (Å²) in [6, 6.07) is 5.12. The van der Waals surface area contributed by atoms with Crippen LogP contribution in [0.5, 0.6) is 23.0 Å². The van der Waals surface area contributed by atoms with E-state index in [1.807, 2.05) is 45.0 Å². The van der Waals surface area contributed by atoms with Crippen LogP contribution >= 0.6 is 0 Å². The number of benzene rings is 2. The lowest BCUT2D eigenvalue weighted by atomic mass is 9.99. The van der Waals surface area contributed by atoms with Crippen LogP contribution in [0, 0.1) is 5.92 Å². The molecule has 0 radical (unpaired) electrons. The Bertz CT molecular complexity index is 1480. The lowest BCUT2D eigenvalue weighted by Crippen LogP contribution is -2.27. The second kappa shape index (κ2) is 10.8. The molecule has 1 fully saturated rings. The highest BCUT2D eigenvalue weighted by Crippen LogP contribution is 2.43. The Morgan fingerprint density at radius 1 is 1.08 bits per heavy atom. The predicted octanol–water partition coefficient (Wildman–Crippen LogP) is 5.10. The van der Waals surface area contributed by atoms with Crippen LogP contribution in [0.4, 0.5) is 0 Å². The molecule has 208 valence electrons. The molecule has 3 aromatic rings. The van der Waals surface area contributed by atoms with Gasteiger partial charge < -0.3 is 33.4 Å². The molecule has 2 aromatic carbocycles. The monoisotopic (exact) mass is 537 g/mol. The highest BCUT2D eigenvalue weighted by Gasteiger charge is 2.28. The number of fused-ring (bicyclic) bond motifs is 3. The minimum atomic E-state index is -0.907. The van der Waals surface area contributed by atoms with Crippen molar-refractivity contribution in [1.82, 2.24) is 4.90 Å². The minimum absolute atomic E-state index is 0.0405. The van der Waals surface area contributed by atoms with Crippen molar-refractivity contribution >= 4 is 34.0 Å². The number of likely N-dealkylation sites (N-methyl/N-ethyl adjacent to an activating group) is 1. The number of carbonyl (C=O) groups is 1. The SMILES string of the molecule is CN(C)CCOc1cc2c(=O)c3c(OCCCC(=O)O)c4c(cc3oc2cc1OCC1CC1)OC(C)(C)C=C4. The molecule has 9 nitrogen and oxygen atoms in total. The molecule has 9 heteroatoms. The molecule has 0 spiro atoms. The highest BCUT2D eigenvalue weighted by molar-refractivity contribution is 5.98. The van der Waals surface area contributed by atoms with Crippen LogP contribution in [0.2, 0.25) is 0 Å². The zero-order chi connectivity index (χ0) is 27.7. The van der Waals surface area contributed by atoms with Gasteiger partial charge in [-0.25, -0.2) is 0 Å².